The van der Waals surface area contributed by atoms with E-state index >= 15 is 0 Å². The van der Waals surface area contributed by atoms with E-state index in [4.69, 9.17) is 0 Å². The minimum Gasteiger partial charge on any atom is -0.358 e. The molecule has 2 aliphatic rings. The van der Waals surface area contributed by atoms with Crippen molar-refractivity contribution in [2.45, 2.75) is 19.9 Å². The first-order valence-electron chi connectivity index (χ1n) is 8.45. The van der Waals surface area contributed by atoms with Crippen LogP contribution in [-0.4, -0.2) is 65.4 Å². The van der Waals surface area contributed by atoms with Gasteiger partial charge in [-0.1, -0.05) is 12.1 Å². The molecule has 0 spiro atoms. The standard InChI is InChI=1S/C18H22N4O2/c1-11-12(2)20-16-13(11)4-3-5-14(16)18(24)22-9-8-21-7-6-19-17(23)15(21)10-22/h3-5,15,20H,6-10H2,1-2H3,(H,19,23)/t15-/m0/s1. The quantitative estimate of drug-likeness (QED) is 0.823. The van der Waals surface area contributed by atoms with Crippen molar-refractivity contribution in [3.05, 3.63) is 35.0 Å². The summed E-state index contributed by atoms with van der Waals surface area (Å²) >= 11 is 0. The van der Waals surface area contributed by atoms with Gasteiger partial charge in [-0.25, -0.2) is 0 Å². The molecule has 2 amide bonds. The van der Waals surface area contributed by atoms with Gasteiger partial charge in [0.25, 0.3) is 5.91 Å². The van der Waals surface area contributed by atoms with Crippen LogP contribution in [0.1, 0.15) is 21.6 Å². The molecule has 2 aromatic rings. The Bertz CT molecular complexity index is 826. The van der Waals surface area contributed by atoms with Crippen molar-refractivity contribution in [1.82, 2.24) is 20.1 Å². The molecule has 6 heteroatoms. The summed E-state index contributed by atoms with van der Waals surface area (Å²) in [6, 6.07) is 5.62. The number of H-pyrrole nitrogens is 1. The Balaban J connectivity index is 1.65. The number of hydrogen-bond donors (Lipinski definition) is 2. The molecular weight excluding hydrogens is 304 g/mol. The van der Waals surface area contributed by atoms with E-state index in [9.17, 15) is 9.59 Å². The molecule has 4 rings (SSSR count). The van der Waals surface area contributed by atoms with Crippen molar-refractivity contribution in [2.24, 2.45) is 0 Å². The van der Waals surface area contributed by atoms with Crippen LogP contribution in [0.2, 0.25) is 0 Å². The summed E-state index contributed by atoms with van der Waals surface area (Å²) in [6.45, 7) is 7.52. The van der Waals surface area contributed by atoms with Crippen molar-refractivity contribution in [3.8, 4) is 0 Å². The maximum Gasteiger partial charge on any atom is 0.256 e. The lowest BCUT2D eigenvalue weighted by Gasteiger charge is -2.43. The molecule has 0 unspecified atom stereocenters. The number of para-hydroxylation sites is 1. The van der Waals surface area contributed by atoms with Crippen molar-refractivity contribution in [1.29, 1.82) is 0 Å². The Morgan fingerprint density at radius 3 is 2.88 bits per heavy atom. The van der Waals surface area contributed by atoms with Crippen molar-refractivity contribution >= 4 is 22.7 Å². The number of piperazine rings is 2. The number of aromatic nitrogens is 1. The molecule has 1 aromatic heterocycles. The van der Waals surface area contributed by atoms with Gasteiger partial charge in [0, 0.05) is 43.8 Å². The molecule has 1 atom stereocenters. The normalized spacial score (nSPS) is 21.7. The van der Waals surface area contributed by atoms with Crippen LogP contribution in [-0.2, 0) is 4.79 Å². The SMILES string of the molecule is Cc1[nH]c2c(C(=O)N3CCN4CCNC(=O)[C@@H]4C3)cccc2c1C. The number of aromatic amines is 1. The predicted octanol–water partition coefficient (Wildman–Crippen LogP) is 1.04. The smallest absolute Gasteiger partial charge is 0.256 e. The number of amides is 2. The highest BCUT2D eigenvalue weighted by molar-refractivity contribution is 6.07. The Kier molecular flexibility index (Phi) is 3.57. The maximum atomic E-state index is 13.1. The molecule has 2 saturated heterocycles. The summed E-state index contributed by atoms with van der Waals surface area (Å²) in [5.74, 6) is 0.0309. The first kappa shape index (κ1) is 15.2. The molecule has 24 heavy (non-hydrogen) atoms. The number of hydrogen-bond acceptors (Lipinski definition) is 3. The minimum atomic E-state index is -0.220. The van der Waals surface area contributed by atoms with Crippen molar-refractivity contribution < 1.29 is 9.59 Å². The average Bonchev–Trinajstić information content (AvgIpc) is 2.89. The van der Waals surface area contributed by atoms with E-state index in [1.165, 1.54) is 5.56 Å². The second kappa shape index (κ2) is 5.63. The summed E-state index contributed by atoms with van der Waals surface area (Å²) in [7, 11) is 0. The molecule has 3 heterocycles. The van der Waals surface area contributed by atoms with Crippen molar-refractivity contribution in [2.75, 3.05) is 32.7 Å². The summed E-state index contributed by atoms with van der Waals surface area (Å²) in [4.78, 5) is 32.5. The molecule has 6 nitrogen and oxygen atoms in total. The van der Waals surface area contributed by atoms with Gasteiger partial charge in [-0.3, -0.25) is 14.5 Å². The van der Waals surface area contributed by atoms with E-state index in [0.717, 1.165) is 29.7 Å². The zero-order chi connectivity index (χ0) is 16.8. The average molecular weight is 326 g/mol. The lowest BCUT2D eigenvalue weighted by Crippen LogP contribution is -2.64. The third-order valence-corrected chi connectivity index (χ3v) is 5.35. The van der Waals surface area contributed by atoms with Crippen LogP contribution in [0, 0.1) is 13.8 Å². The van der Waals surface area contributed by atoms with Gasteiger partial charge in [0.05, 0.1) is 11.1 Å². The molecule has 2 N–H and O–H groups in total. The van der Waals surface area contributed by atoms with Gasteiger partial charge in [-0.2, -0.15) is 0 Å². The highest BCUT2D eigenvalue weighted by atomic mass is 16.2. The Morgan fingerprint density at radius 2 is 2.04 bits per heavy atom. The van der Waals surface area contributed by atoms with Gasteiger partial charge in [0.2, 0.25) is 5.91 Å². The molecule has 126 valence electrons. The predicted molar refractivity (Wildman–Crippen MR) is 92.0 cm³/mol. The summed E-state index contributed by atoms with van der Waals surface area (Å²) in [5, 5.41) is 3.99. The van der Waals surface area contributed by atoms with Crippen LogP contribution in [0.3, 0.4) is 0 Å². The zero-order valence-electron chi connectivity index (χ0n) is 14.1. The number of carbonyl (C=O) groups excluding carboxylic acids is 2. The van der Waals surface area contributed by atoms with Gasteiger partial charge in [0.1, 0.15) is 6.04 Å². The van der Waals surface area contributed by atoms with Crippen molar-refractivity contribution in [3.63, 3.8) is 0 Å². The molecule has 0 bridgehead atoms. The largest absolute Gasteiger partial charge is 0.358 e. The number of aryl methyl sites for hydroxylation is 2. The first-order chi connectivity index (χ1) is 11.6. The van der Waals surface area contributed by atoms with E-state index in [1.807, 2.05) is 30.0 Å². The number of nitrogens with zero attached hydrogens (tertiary/aromatic N) is 2. The van der Waals surface area contributed by atoms with E-state index in [-0.39, 0.29) is 17.9 Å². The van der Waals surface area contributed by atoms with Crippen LogP contribution >= 0.6 is 0 Å². The fourth-order valence-electron chi connectivity index (χ4n) is 3.79. The van der Waals surface area contributed by atoms with Gasteiger partial charge in [-0.05, 0) is 25.5 Å². The Labute approximate surface area is 140 Å². The highest BCUT2D eigenvalue weighted by Gasteiger charge is 2.36. The third kappa shape index (κ3) is 2.29. The fraction of sp³-hybridized carbons (Fsp3) is 0.444. The second-order valence-electron chi connectivity index (χ2n) is 6.70. The molecule has 0 saturated carbocycles. The minimum absolute atomic E-state index is 0.000117. The molecule has 0 aliphatic carbocycles. The van der Waals surface area contributed by atoms with Crippen LogP contribution in [0.25, 0.3) is 10.9 Å². The van der Waals surface area contributed by atoms with E-state index in [2.05, 4.69) is 22.1 Å². The molecule has 0 radical (unpaired) electrons. The van der Waals surface area contributed by atoms with Gasteiger partial charge >= 0.3 is 0 Å². The number of rotatable bonds is 1. The van der Waals surface area contributed by atoms with Gasteiger partial charge in [-0.15, -0.1) is 0 Å². The number of fused-ring (bicyclic) bond motifs is 2. The monoisotopic (exact) mass is 326 g/mol. The van der Waals surface area contributed by atoms with E-state index < -0.39 is 0 Å². The van der Waals surface area contributed by atoms with E-state index in [0.29, 0.717) is 25.2 Å². The molecule has 2 aliphatic heterocycles. The highest BCUT2D eigenvalue weighted by Crippen LogP contribution is 2.26. The maximum absolute atomic E-state index is 13.1. The second-order valence-corrected chi connectivity index (χ2v) is 6.70. The zero-order valence-corrected chi connectivity index (χ0v) is 14.1. The van der Waals surface area contributed by atoms with Gasteiger partial charge in [0.15, 0.2) is 0 Å². The topological polar surface area (TPSA) is 68.4 Å². The summed E-state index contributed by atoms with van der Waals surface area (Å²) in [5.41, 5.74) is 3.85. The molecule has 2 fully saturated rings. The summed E-state index contributed by atoms with van der Waals surface area (Å²) < 4.78 is 0. The fourth-order valence-corrected chi connectivity index (χ4v) is 3.79. The lowest BCUT2D eigenvalue weighted by molar-refractivity contribution is -0.131. The van der Waals surface area contributed by atoms with Crippen LogP contribution in [0.4, 0.5) is 0 Å². The van der Waals surface area contributed by atoms with Crippen LogP contribution < -0.4 is 5.32 Å². The third-order valence-electron chi connectivity index (χ3n) is 5.35. The van der Waals surface area contributed by atoms with Gasteiger partial charge < -0.3 is 15.2 Å². The van der Waals surface area contributed by atoms with Crippen LogP contribution in [0.5, 0.6) is 0 Å². The lowest BCUT2D eigenvalue weighted by atomic mass is 10.0. The molecule has 1 aromatic carbocycles. The van der Waals surface area contributed by atoms with Crippen LogP contribution in [0.15, 0.2) is 18.2 Å². The Hall–Kier alpha value is -2.34. The van der Waals surface area contributed by atoms with E-state index in [1.54, 1.807) is 0 Å². The number of benzene rings is 1. The molecular formula is C18H22N4O2. The number of nitrogens with one attached hydrogen (secondary N) is 2. The number of carbonyl (C=O) groups is 2. The summed E-state index contributed by atoms with van der Waals surface area (Å²) in [6.07, 6.45) is 0. The Morgan fingerprint density at radius 1 is 1.21 bits per heavy atom. The first-order valence-corrected chi connectivity index (χ1v) is 8.45.